The number of Topliss-reactive ketones (excluding diaryl/α,β-unsaturated/α-hetero) is 1. The standard InChI is InChI=1S/C30H48N4O6/c1-11-13-15-19(22(35)25(37)31-16-14-12-2)32-24(36)21-20-18(30(20,9)10)17-34(21)26(38)23(28(3,4)5)33-27(39)40-29(6,7)8/h11-12,18-21,23H,1-2,13-17H2,3-10H3,(H,31,37)(H,32,36)(H,33,39)/t18?,19-,20+,21+,23-/m1/s1. The van der Waals surface area contributed by atoms with Crippen LogP contribution in [-0.2, 0) is 23.9 Å². The van der Waals surface area contributed by atoms with Crippen LogP contribution in [-0.4, -0.2) is 71.3 Å². The zero-order valence-corrected chi connectivity index (χ0v) is 25.4. The lowest BCUT2D eigenvalue weighted by Gasteiger charge is -2.38. The Balaban J connectivity index is 2.30. The van der Waals surface area contributed by atoms with E-state index >= 15 is 0 Å². The van der Waals surface area contributed by atoms with Gasteiger partial charge in [0.25, 0.3) is 5.91 Å². The van der Waals surface area contributed by atoms with Crippen molar-refractivity contribution in [1.29, 1.82) is 0 Å². The second-order valence-corrected chi connectivity index (χ2v) is 13.5. The smallest absolute Gasteiger partial charge is 0.408 e. The van der Waals surface area contributed by atoms with Crippen molar-refractivity contribution in [3.63, 3.8) is 0 Å². The van der Waals surface area contributed by atoms with Gasteiger partial charge in [-0.1, -0.05) is 46.8 Å². The minimum atomic E-state index is -1.06. The van der Waals surface area contributed by atoms with Crippen LogP contribution in [0.25, 0.3) is 0 Å². The highest BCUT2D eigenvalue weighted by Crippen LogP contribution is 2.65. The fraction of sp³-hybridized carbons (Fsp3) is 0.700. The molecular formula is C30H48N4O6. The summed E-state index contributed by atoms with van der Waals surface area (Å²) in [5.41, 5.74) is -1.59. The quantitative estimate of drug-likeness (QED) is 0.191. The normalized spacial score (nSPS) is 22.7. The minimum Gasteiger partial charge on any atom is -0.444 e. The predicted molar refractivity (Wildman–Crippen MR) is 153 cm³/mol. The van der Waals surface area contributed by atoms with Crippen molar-refractivity contribution in [3.05, 3.63) is 25.3 Å². The van der Waals surface area contributed by atoms with Gasteiger partial charge in [0.2, 0.25) is 17.6 Å². The van der Waals surface area contributed by atoms with Crippen LogP contribution in [0.4, 0.5) is 4.79 Å². The summed E-state index contributed by atoms with van der Waals surface area (Å²) in [6, 6.07) is -2.86. The van der Waals surface area contributed by atoms with Crippen LogP contribution in [0.5, 0.6) is 0 Å². The third-order valence-corrected chi connectivity index (χ3v) is 7.68. The van der Waals surface area contributed by atoms with Crippen LogP contribution < -0.4 is 16.0 Å². The topological polar surface area (TPSA) is 134 Å². The highest BCUT2D eigenvalue weighted by Gasteiger charge is 2.70. The highest BCUT2D eigenvalue weighted by molar-refractivity contribution is 6.38. The van der Waals surface area contributed by atoms with E-state index in [9.17, 15) is 24.0 Å². The Bertz CT molecular complexity index is 1020. The van der Waals surface area contributed by atoms with Crippen molar-refractivity contribution < 1.29 is 28.7 Å². The molecular weight excluding hydrogens is 512 g/mol. The Kier molecular flexibility index (Phi) is 10.4. The largest absolute Gasteiger partial charge is 0.444 e. The van der Waals surface area contributed by atoms with Gasteiger partial charge in [0.15, 0.2) is 0 Å². The van der Waals surface area contributed by atoms with Gasteiger partial charge in [0.05, 0.1) is 6.04 Å². The summed E-state index contributed by atoms with van der Waals surface area (Å²) in [6.07, 6.45) is 3.64. The minimum absolute atomic E-state index is 0.0962. The number of ketones is 1. The number of ether oxygens (including phenoxy) is 1. The summed E-state index contributed by atoms with van der Waals surface area (Å²) in [4.78, 5) is 67.4. The van der Waals surface area contributed by atoms with Crippen LogP contribution in [0.3, 0.4) is 0 Å². The number of hydrogen-bond donors (Lipinski definition) is 3. The third-order valence-electron chi connectivity index (χ3n) is 7.68. The van der Waals surface area contributed by atoms with Crippen LogP contribution in [0.2, 0.25) is 0 Å². The summed E-state index contributed by atoms with van der Waals surface area (Å²) >= 11 is 0. The molecule has 1 saturated heterocycles. The van der Waals surface area contributed by atoms with Gasteiger partial charge in [-0.25, -0.2) is 4.79 Å². The van der Waals surface area contributed by atoms with E-state index in [1.807, 2.05) is 20.8 Å². The molecule has 2 rings (SSSR count). The molecule has 0 spiro atoms. The number of allylic oxidation sites excluding steroid dienone is 1. The average molecular weight is 561 g/mol. The van der Waals surface area contributed by atoms with Crippen LogP contribution in [0.1, 0.15) is 74.7 Å². The fourth-order valence-electron chi connectivity index (χ4n) is 5.40. The predicted octanol–water partition coefficient (Wildman–Crippen LogP) is 3.12. The van der Waals surface area contributed by atoms with E-state index in [2.05, 4.69) is 43.0 Å². The van der Waals surface area contributed by atoms with Crippen molar-refractivity contribution in [2.75, 3.05) is 13.1 Å². The van der Waals surface area contributed by atoms with Crippen molar-refractivity contribution in [2.45, 2.75) is 98.4 Å². The van der Waals surface area contributed by atoms with E-state index in [4.69, 9.17) is 4.74 Å². The summed E-state index contributed by atoms with van der Waals surface area (Å²) in [5, 5.41) is 8.04. The molecule has 0 bridgehead atoms. The molecule has 3 N–H and O–H groups in total. The lowest BCUT2D eigenvalue weighted by Crippen LogP contribution is -2.60. The average Bonchev–Trinajstić information content (AvgIpc) is 3.15. The highest BCUT2D eigenvalue weighted by atomic mass is 16.6. The maximum Gasteiger partial charge on any atom is 0.408 e. The Labute approximate surface area is 238 Å². The second-order valence-electron chi connectivity index (χ2n) is 13.5. The SMILES string of the molecule is C=CCCNC(=O)C(=O)[C@@H](CCC=C)NC(=O)[C@@H]1[C@@H]2C(CN1C(=O)[C@@H](NC(=O)OC(C)(C)C)C(C)(C)C)C2(C)C. The van der Waals surface area contributed by atoms with Crippen molar-refractivity contribution >= 4 is 29.6 Å². The van der Waals surface area contributed by atoms with Crippen LogP contribution >= 0.6 is 0 Å². The van der Waals surface area contributed by atoms with Crippen LogP contribution in [0, 0.1) is 22.7 Å². The molecule has 2 fully saturated rings. The molecule has 5 atom stereocenters. The number of fused-ring (bicyclic) bond motifs is 1. The first-order valence-corrected chi connectivity index (χ1v) is 14.0. The van der Waals surface area contributed by atoms with Crippen molar-refractivity contribution in [2.24, 2.45) is 22.7 Å². The number of nitrogens with zero attached hydrogens (tertiary/aromatic N) is 1. The number of amides is 4. The van der Waals surface area contributed by atoms with Gasteiger partial charge in [-0.3, -0.25) is 19.2 Å². The molecule has 1 heterocycles. The van der Waals surface area contributed by atoms with E-state index in [1.54, 1.807) is 32.9 Å². The third kappa shape index (κ3) is 7.95. The van der Waals surface area contributed by atoms with Gasteiger partial charge >= 0.3 is 6.09 Å². The number of nitrogens with one attached hydrogen (secondary N) is 3. The number of piperidine rings is 1. The molecule has 10 heteroatoms. The summed E-state index contributed by atoms with van der Waals surface area (Å²) < 4.78 is 5.40. The number of carbonyl (C=O) groups excluding carboxylic acids is 5. The molecule has 2 aliphatic rings. The summed E-state index contributed by atoms with van der Waals surface area (Å²) in [5.74, 6) is -2.43. The Morgan fingerprint density at radius 2 is 1.60 bits per heavy atom. The summed E-state index contributed by atoms with van der Waals surface area (Å²) in [6.45, 7) is 22.7. The lowest BCUT2D eigenvalue weighted by molar-refractivity contribution is -0.145. The maximum atomic E-state index is 14.0. The Morgan fingerprint density at radius 1 is 1.00 bits per heavy atom. The van der Waals surface area contributed by atoms with E-state index in [-0.39, 0.29) is 30.2 Å². The van der Waals surface area contributed by atoms with E-state index in [1.165, 1.54) is 4.90 Å². The van der Waals surface area contributed by atoms with Gasteiger partial charge in [-0.2, -0.15) is 0 Å². The molecule has 40 heavy (non-hydrogen) atoms. The first kappa shape index (κ1) is 33.0. The number of carbonyl (C=O) groups is 5. The number of hydrogen-bond acceptors (Lipinski definition) is 6. The molecule has 224 valence electrons. The van der Waals surface area contributed by atoms with E-state index in [0.717, 1.165) is 0 Å². The Hall–Kier alpha value is -3.17. The molecule has 4 amide bonds. The van der Waals surface area contributed by atoms with Gasteiger partial charge in [0, 0.05) is 13.1 Å². The first-order valence-electron chi connectivity index (χ1n) is 14.0. The first-order chi connectivity index (χ1) is 18.4. The van der Waals surface area contributed by atoms with Crippen molar-refractivity contribution in [3.8, 4) is 0 Å². The molecule has 10 nitrogen and oxygen atoms in total. The number of likely N-dealkylation sites (tertiary alicyclic amines) is 1. The number of rotatable bonds is 12. The number of alkyl carbamates (subject to hydrolysis) is 1. The van der Waals surface area contributed by atoms with Crippen molar-refractivity contribution in [1.82, 2.24) is 20.9 Å². The molecule has 0 aromatic carbocycles. The zero-order chi connectivity index (χ0) is 30.6. The second kappa shape index (κ2) is 12.6. The maximum absolute atomic E-state index is 14.0. The summed E-state index contributed by atoms with van der Waals surface area (Å²) in [7, 11) is 0. The zero-order valence-electron chi connectivity index (χ0n) is 25.4. The van der Waals surface area contributed by atoms with E-state index < -0.39 is 58.7 Å². The van der Waals surface area contributed by atoms with Gasteiger partial charge in [-0.15, -0.1) is 13.2 Å². The lowest BCUT2D eigenvalue weighted by atomic mass is 9.85. The Morgan fingerprint density at radius 3 is 2.12 bits per heavy atom. The fourth-order valence-corrected chi connectivity index (χ4v) is 5.40. The monoisotopic (exact) mass is 560 g/mol. The molecule has 1 aliphatic heterocycles. The van der Waals surface area contributed by atoms with E-state index in [0.29, 0.717) is 19.4 Å². The molecule has 1 aliphatic carbocycles. The van der Waals surface area contributed by atoms with Gasteiger partial charge < -0.3 is 25.6 Å². The van der Waals surface area contributed by atoms with Gasteiger partial charge in [0.1, 0.15) is 17.7 Å². The molecule has 1 unspecified atom stereocenters. The molecule has 0 aromatic heterocycles. The van der Waals surface area contributed by atoms with Gasteiger partial charge in [-0.05, 0) is 62.7 Å². The van der Waals surface area contributed by atoms with Crippen LogP contribution in [0.15, 0.2) is 25.3 Å². The molecule has 0 radical (unpaired) electrons. The molecule has 0 aromatic rings. The molecule has 1 saturated carbocycles.